The van der Waals surface area contributed by atoms with E-state index in [9.17, 15) is 4.39 Å². The van der Waals surface area contributed by atoms with Gasteiger partial charge in [-0.3, -0.25) is 0 Å². The van der Waals surface area contributed by atoms with Crippen LogP contribution in [-0.2, 0) is 0 Å². The van der Waals surface area contributed by atoms with Crippen LogP contribution in [0, 0.1) is 11.8 Å². The Balaban J connectivity index is 2.04. The fourth-order valence-electron chi connectivity index (χ4n) is 1.35. The van der Waals surface area contributed by atoms with Crippen molar-refractivity contribution in [1.29, 1.82) is 0 Å². The van der Waals surface area contributed by atoms with Crippen LogP contribution in [0.5, 0.6) is 0 Å². The van der Waals surface area contributed by atoms with Crippen LogP contribution in [0.4, 0.5) is 4.39 Å². The summed E-state index contributed by atoms with van der Waals surface area (Å²) in [7, 11) is 0. The minimum atomic E-state index is -0.834. The van der Waals surface area contributed by atoms with Gasteiger partial charge in [-0.15, -0.1) is 23.5 Å². The van der Waals surface area contributed by atoms with Gasteiger partial charge in [0.2, 0.25) is 0 Å². The molecule has 1 saturated heterocycles. The molecule has 1 atom stereocenters. The van der Waals surface area contributed by atoms with Crippen molar-refractivity contribution in [2.75, 3.05) is 11.5 Å². The second-order valence-electron chi connectivity index (χ2n) is 3.07. The van der Waals surface area contributed by atoms with Crippen molar-refractivity contribution in [1.82, 2.24) is 0 Å². The maximum atomic E-state index is 13.0. The third kappa shape index (κ3) is 2.45. The maximum absolute atomic E-state index is 13.0. The molecule has 0 bridgehead atoms. The highest BCUT2D eigenvalue weighted by Crippen LogP contribution is 2.36. The van der Waals surface area contributed by atoms with Crippen LogP contribution in [0.2, 0.25) is 0 Å². The van der Waals surface area contributed by atoms with E-state index >= 15 is 0 Å². The van der Waals surface area contributed by atoms with Crippen molar-refractivity contribution in [3.8, 4) is 11.8 Å². The van der Waals surface area contributed by atoms with Crippen LogP contribution in [0.1, 0.15) is 12.8 Å². The molecule has 0 aromatic heterocycles. The quantitative estimate of drug-likeness (QED) is 0.616. The summed E-state index contributed by atoms with van der Waals surface area (Å²) in [5, 5.41) is 0. The summed E-state index contributed by atoms with van der Waals surface area (Å²) in [6, 6.07) is 0. The maximum Gasteiger partial charge on any atom is 0.130 e. The highest BCUT2D eigenvalue weighted by atomic mass is 32.2. The molecule has 1 aliphatic heterocycles. The summed E-state index contributed by atoms with van der Waals surface area (Å²) < 4.78 is 13.4. The zero-order valence-electron chi connectivity index (χ0n) is 7.25. The van der Waals surface area contributed by atoms with E-state index in [1.54, 1.807) is 6.08 Å². The molecule has 0 aromatic carbocycles. The molecule has 1 unspecified atom stereocenters. The van der Waals surface area contributed by atoms with Crippen molar-refractivity contribution in [2.45, 2.75) is 23.6 Å². The molecule has 3 heteroatoms. The Morgan fingerprint density at radius 3 is 2.85 bits per heavy atom. The lowest BCUT2D eigenvalue weighted by molar-refractivity contribution is 0.405. The zero-order valence-corrected chi connectivity index (χ0v) is 8.89. The minimum Gasteiger partial charge on any atom is -0.242 e. The number of allylic oxidation sites excluding steroid dienone is 1. The Kier molecular flexibility index (Phi) is 3.23. The number of alkyl halides is 1. The number of rotatable bonds is 1. The second-order valence-corrected chi connectivity index (χ2v) is 5.80. The van der Waals surface area contributed by atoms with E-state index in [0.717, 1.165) is 5.57 Å². The van der Waals surface area contributed by atoms with E-state index in [-0.39, 0.29) is 0 Å². The average Bonchev–Trinajstić information content (AvgIpc) is 2.19. The predicted molar refractivity (Wildman–Crippen MR) is 58.7 cm³/mol. The van der Waals surface area contributed by atoms with Gasteiger partial charge in [0.25, 0.3) is 0 Å². The third-order valence-corrected chi connectivity index (χ3v) is 4.95. The fourth-order valence-corrected chi connectivity index (χ4v) is 4.18. The second kappa shape index (κ2) is 4.43. The van der Waals surface area contributed by atoms with Gasteiger partial charge in [0.15, 0.2) is 0 Å². The van der Waals surface area contributed by atoms with Gasteiger partial charge < -0.3 is 0 Å². The number of hydrogen-bond acceptors (Lipinski definition) is 2. The smallest absolute Gasteiger partial charge is 0.130 e. The lowest BCUT2D eigenvalue weighted by Gasteiger charge is -2.22. The molecule has 13 heavy (non-hydrogen) atoms. The minimum absolute atomic E-state index is 0.381. The van der Waals surface area contributed by atoms with E-state index in [1.165, 1.54) is 17.9 Å². The molecule has 1 aliphatic carbocycles. The van der Waals surface area contributed by atoms with E-state index in [0.29, 0.717) is 11.0 Å². The first-order valence-corrected chi connectivity index (χ1v) is 6.54. The van der Waals surface area contributed by atoms with Crippen molar-refractivity contribution >= 4 is 23.5 Å². The summed E-state index contributed by atoms with van der Waals surface area (Å²) in [6.45, 7) is 0. The summed E-state index contributed by atoms with van der Waals surface area (Å²) >= 11 is 3.79. The van der Waals surface area contributed by atoms with Gasteiger partial charge in [-0.05, 0) is 24.0 Å². The Labute approximate surface area is 86.7 Å². The van der Waals surface area contributed by atoms with Gasteiger partial charge in [-0.25, -0.2) is 4.39 Å². The van der Waals surface area contributed by atoms with Gasteiger partial charge in [0.1, 0.15) is 6.17 Å². The van der Waals surface area contributed by atoms with Crippen LogP contribution in [0.15, 0.2) is 11.6 Å². The van der Waals surface area contributed by atoms with Gasteiger partial charge in [-0.2, -0.15) is 0 Å². The van der Waals surface area contributed by atoms with Crippen LogP contribution < -0.4 is 0 Å². The molecule has 0 nitrogen and oxygen atoms in total. The van der Waals surface area contributed by atoms with Crippen molar-refractivity contribution in [3.63, 3.8) is 0 Å². The van der Waals surface area contributed by atoms with Crippen molar-refractivity contribution in [2.24, 2.45) is 0 Å². The van der Waals surface area contributed by atoms with Crippen LogP contribution in [-0.4, -0.2) is 22.3 Å². The SMILES string of the molecule is FC1C=C(C2SCCCS2)C#CC1. The van der Waals surface area contributed by atoms with E-state index in [4.69, 9.17) is 0 Å². The summed E-state index contributed by atoms with van der Waals surface area (Å²) in [5.74, 6) is 8.29. The molecule has 2 rings (SSSR count). The van der Waals surface area contributed by atoms with Crippen molar-refractivity contribution < 1.29 is 4.39 Å². The molecule has 0 aromatic rings. The number of halogens is 1. The molecule has 70 valence electrons. The highest BCUT2D eigenvalue weighted by molar-refractivity contribution is 8.17. The largest absolute Gasteiger partial charge is 0.242 e. The lowest BCUT2D eigenvalue weighted by Crippen LogP contribution is -2.12. The third-order valence-electron chi connectivity index (χ3n) is 1.97. The van der Waals surface area contributed by atoms with E-state index in [2.05, 4.69) is 11.8 Å². The van der Waals surface area contributed by atoms with Crippen LogP contribution >= 0.6 is 23.5 Å². The molecule has 0 spiro atoms. The van der Waals surface area contributed by atoms with Gasteiger partial charge in [0.05, 0.1) is 4.58 Å². The monoisotopic (exact) mass is 214 g/mol. The van der Waals surface area contributed by atoms with Crippen LogP contribution in [0.25, 0.3) is 0 Å². The van der Waals surface area contributed by atoms with E-state index in [1.807, 2.05) is 23.5 Å². The fraction of sp³-hybridized carbons (Fsp3) is 0.600. The van der Waals surface area contributed by atoms with Gasteiger partial charge in [-0.1, -0.05) is 11.8 Å². The van der Waals surface area contributed by atoms with Crippen LogP contribution in [0.3, 0.4) is 0 Å². The number of hydrogen-bond donors (Lipinski definition) is 0. The molecule has 0 amide bonds. The molecule has 0 N–H and O–H groups in total. The number of thioether (sulfide) groups is 2. The van der Waals surface area contributed by atoms with Crippen molar-refractivity contribution in [3.05, 3.63) is 11.6 Å². The predicted octanol–water partition coefficient (Wildman–Crippen LogP) is 2.85. The molecular weight excluding hydrogens is 203 g/mol. The first kappa shape index (κ1) is 9.48. The molecule has 0 radical (unpaired) electrons. The first-order valence-electron chi connectivity index (χ1n) is 4.44. The summed E-state index contributed by atoms with van der Waals surface area (Å²) in [4.78, 5) is 0. The summed E-state index contributed by atoms with van der Waals surface area (Å²) in [5.41, 5.74) is 1.01. The molecule has 0 saturated carbocycles. The Morgan fingerprint density at radius 1 is 1.38 bits per heavy atom. The molecule has 1 fully saturated rings. The Hall–Kier alpha value is -0.0700. The lowest BCUT2D eigenvalue weighted by atomic mass is 10.1. The average molecular weight is 214 g/mol. The Morgan fingerprint density at radius 2 is 2.15 bits per heavy atom. The molecule has 1 heterocycles. The topological polar surface area (TPSA) is 0 Å². The Bertz CT molecular complexity index is 268. The van der Waals surface area contributed by atoms with E-state index < -0.39 is 6.17 Å². The van der Waals surface area contributed by atoms with Gasteiger partial charge in [0, 0.05) is 12.0 Å². The summed E-state index contributed by atoms with van der Waals surface area (Å²) in [6.07, 6.45) is 2.52. The zero-order chi connectivity index (χ0) is 9.10. The first-order chi connectivity index (χ1) is 6.36. The molecule has 2 aliphatic rings. The highest BCUT2D eigenvalue weighted by Gasteiger charge is 2.20. The molecular formula is C10H11FS2. The standard InChI is InChI=1S/C10H11FS2/c11-9-4-1-3-8(7-9)10-12-5-2-6-13-10/h7,9-10H,2,4-6H2. The normalized spacial score (nSPS) is 29.0. The van der Waals surface area contributed by atoms with Gasteiger partial charge >= 0.3 is 0 Å².